The zero-order valence-corrected chi connectivity index (χ0v) is 19.5. The van der Waals surface area contributed by atoms with E-state index in [0.717, 1.165) is 19.3 Å². The number of carbonyl (C=O) groups is 1. The van der Waals surface area contributed by atoms with Crippen LogP contribution in [0.1, 0.15) is 44.1 Å². The van der Waals surface area contributed by atoms with E-state index in [-0.39, 0.29) is 22.8 Å². The SMILES string of the molecule is O=C(N/N=C/c1c(O)n(-c2ccccc2Cl)c(=O)c2ccccc12)C12CC3CC(CC(C3)C1)C2. The quantitative estimate of drug-likeness (QED) is 0.410. The number of carbonyl (C=O) groups excluding carboxylic acids is 1. The lowest BCUT2D eigenvalue weighted by molar-refractivity contribution is -0.146. The van der Waals surface area contributed by atoms with Gasteiger partial charge < -0.3 is 5.11 Å². The van der Waals surface area contributed by atoms with Gasteiger partial charge in [-0.05, 0) is 74.5 Å². The first-order chi connectivity index (χ1) is 16.4. The first-order valence-electron chi connectivity index (χ1n) is 11.9. The van der Waals surface area contributed by atoms with Crippen molar-refractivity contribution in [3.05, 3.63) is 69.5 Å². The number of fused-ring (bicyclic) bond motifs is 1. The lowest BCUT2D eigenvalue weighted by atomic mass is 9.49. The van der Waals surface area contributed by atoms with Gasteiger partial charge in [-0.1, -0.05) is 41.9 Å². The van der Waals surface area contributed by atoms with Gasteiger partial charge in [-0.2, -0.15) is 5.10 Å². The van der Waals surface area contributed by atoms with Gasteiger partial charge in [0.25, 0.3) is 5.56 Å². The smallest absolute Gasteiger partial charge is 0.265 e. The highest BCUT2D eigenvalue weighted by molar-refractivity contribution is 6.32. The number of pyridine rings is 1. The molecule has 0 aliphatic heterocycles. The highest BCUT2D eigenvalue weighted by atomic mass is 35.5. The second kappa shape index (κ2) is 7.98. The first kappa shape index (κ1) is 21.4. The highest BCUT2D eigenvalue weighted by Crippen LogP contribution is 2.60. The molecule has 0 unspecified atom stereocenters. The number of nitrogens with zero attached hydrogens (tertiary/aromatic N) is 2. The minimum atomic E-state index is -0.379. The predicted molar refractivity (Wildman–Crippen MR) is 133 cm³/mol. The van der Waals surface area contributed by atoms with E-state index >= 15 is 0 Å². The topological polar surface area (TPSA) is 83.7 Å². The van der Waals surface area contributed by atoms with Gasteiger partial charge in [0, 0.05) is 10.8 Å². The molecule has 0 spiro atoms. The fourth-order valence-corrected chi connectivity index (χ4v) is 7.23. The Labute approximate surface area is 202 Å². The molecular formula is C27H26ClN3O3. The molecule has 4 saturated carbocycles. The highest BCUT2D eigenvalue weighted by Gasteiger charge is 2.54. The summed E-state index contributed by atoms with van der Waals surface area (Å²) in [4.78, 5) is 26.5. The van der Waals surface area contributed by atoms with Crippen LogP contribution in [-0.2, 0) is 4.79 Å². The monoisotopic (exact) mass is 475 g/mol. The van der Waals surface area contributed by atoms with Crippen molar-refractivity contribution < 1.29 is 9.90 Å². The van der Waals surface area contributed by atoms with Gasteiger partial charge in [-0.3, -0.25) is 9.59 Å². The van der Waals surface area contributed by atoms with Gasteiger partial charge >= 0.3 is 0 Å². The van der Waals surface area contributed by atoms with Crippen LogP contribution in [0.15, 0.2) is 58.4 Å². The van der Waals surface area contributed by atoms with Crippen molar-refractivity contribution in [2.24, 2.45) is 28.3 Å². The van der Waals surface area contributed by atoms with Crippen molar-refractivity contribution in [3.8, 4) is 11.6 Å². The number of para-hydroxylation sites is 1. The zero-order valence-electron chi connectivity index (χ0n) is 18.7. The summed E-state index contributed by atoms with van der Waals surface area (Å²) in [6.07, 6.45) is 8.07. The van der Waals surface area contributed by atoms with Crippen LogP contribution in [0.3, 0.4) is 0 Å². The van der Waals surface area contributed by atoms with Gasteiger partial charge in [0.15, 0.2) is 0 Å². The molecule has 4 fully saturated rings. The molecule has 0 atom stereocenters. The summed E-state index contributed by atoms with van der Waals surface area (Å²) in [5.41, 5.74) is 2.81. The molecule has 174 valence electrons. The summed E-state index contributed by atoms with van der Waals surface area (Å²) >= 11 is 6.34. The van der Waals surface area contributed by atoms with E-state index < -0.39 is 0 Å². The molecule has 6 nitrogen and oxygen atoms in total. The molecule has 2 aromatic carbocycles. The molecule has 1 heterocycles. The molecule has 4 bridgehead atoms. The number of nitrogens with one attached hydrogen (secondary N) is 1. The van der Waals surface area contributed by atoms with Gasteiger partial charge in [0.05, 0.1) is 27.9 Å². The molecule has 34 heavy (non-hydrogen) atoms. The average Bonchev–Trinajstić information content (AvgIpc) is 2.81. The number of benzene rings is 2. The van der Waals surface area contributed by atoms with E-state index in [2.05, 4.69) is 10.5 Å². The maximum Gasteiger partial charge on any atom is 0.265 e. The molecular weight excluding hydrogens is 450 g/mol. The van der Waals surface area contributed by atoms with Crippen LogP contribution in [-0.4, -0.2) is 21.8 Å². The van der Waals surface area contributed by atoms with Gasteiger partial charge in [0.2, 0.25) is 11.8 Å². The number of hydrogen-bond donors (Lipinski definition) is 2. The van der Waals surface area contributed by atoms with Crippen molar-refractivity contribution in [3.63, 3.8) is 0 Å². The Hall–Kier alpha value is -3.12. The van der Waals surface area contributed by atoms with Crippen LogP contribution in [0, 0.1) is 23.2 Å². The third kappa shape index (κ3) is 3.35. The molecule has 0 radical (unpaired) electrons. The van der Waals surface area contributed by atoms with Gasteiger partial charge in [0.1, 0.15) is 0 Å². The van der Waals surface area contributed by atoms with Gasteiger partial charge in [-0.25, -0.2) is 9.99 Å². The Bertz CT molecular complexity index is 1360. The lowest BCUT2D eigenvalue weighted by Crippen LogP contribution is -2.52. The minimum absolute atomic E-state index is 0.0222. The van der Waals surface area contributed by atoms with Crippen LogP contribution in [0.4, 0.5) is 0 Å². The maximum absolute atomic E-state index is 13.3. The van der Waals surface area contributed by atoms with Gasteiger partial charge in [-0.15, -0.1) is 0 Å². The predicted octanol–water partition coefficient (Wildman–Crippen LogP) is 5.02. The molecule has 4 aliphatic rings. The summed E-state index contributed by atoms with van der Waals surface area (Å²) in [7, 11) is 0. The van der Waals surface area contributed by atoms with Crippen LogP contribution in [0.5, 0.6) is 5.88 Å². The number of rotatable bonds is 4. The normalized spacial score (nSPS) is 27.5. The van der Waals surface area contributed by atoms with Crippen LogP contribution < -0.4 is 11.0 Å². The van der Waals surface area contributed by atoms with Crippen LogP contribution in [0.25, 0.3) is 16.5 Å². The second-order valence-electron chi connectivity index (χ2n) is 10.3. The average molecular weight is 476 g/mol. The van der Waals surface area contributed by atoms with Crippen molar-refractivity contribution >= 4 is 34.5 Å². The first-order valence-corrected chi connectivity index (χ1v) is 12.3. The molecule has 4 aliphatic carbocycles. The molecule has 7 heteroatoms. The number of aromatic nitrogens is 1. The van der Waals surface area contributed by atoms with E-state index in [4.69, 9.17) is 11.6 Å². The number of amides is 1. The van der Waals surface area contributed by atoms with Crippen molar-refractivity contribution in [2.75, 3.05) is 0 Å². The second-order valence-corrected chi connectivity index (χ2v) is 10.7. The van der Waals surface area contributed by atoms with Crippen molar-refractivity contribution in [1.29, 1.82) is 0 Å². The Balaban J connectivity index is 1.37. The Kier molecular flexibility index (Phi) is 5.03. The van der Waals surface area contributed by atoms with Crippen molar-refractivity contribution in [2.45, 2.75) is 38.5 Å². The third-order valence-electron chi connectivity index (χ3n) is 8.08. The maximum atomic E-state index is 13.3. The number of hydrazone groups is 1. The molecule has 1 amide bonds. The minimum Gasteiger partial charge on any atom is -0.494 e. The molecule has 1 aromatic heterocycles. The molecule has 7 rings (SSSR count). The summed E-state index contributed by atoms with van der Waals surface area (Å²) in [6, 6.07) is 13.9. The fraction of sp³-hybridized carbons (Fsp3) is 0.370. The van der Waals surface area contributed by atoms with Crippen molar-refractivity contribution in [1.82, 2.24) is 9.99 Å². The largest absolute Gasteiger partial charge is 0.494 e. The Morgan fingerprint density at radius 1 is 1.00 bits per heavy atom. The lowest BCUT2D eigenvalue weighted by Gasteiger charge is -2.55. The summed E-state index contributed by atoms with van der Waals surface area (Å²) in [6.45, 7) is 0. The standard InChI is InChI=1S/C27H26ClN3O3/c28-22-7-3-4-8-23(22)31-24(32)20-6-2-1-5-19(20)21(25(31)33)15-29-30-26(34)27-12-16-9-17(13-27)11-18(10-16)14-27/h1-8,15-18,33H,9-14H2,(H,30,34)/b29-15+. The summed E-state index contributed by atoms with van der Waals surface area (Å²) in [5.74, 6) is 1.69. The number of aromatic hydroxyl groups is 1. The molecule has 2 N–H and O–H groups in total. The number of hydrogen-bond acceptors (Lipinski definition) is 4. The number of halogens is 1. The zero-order chi connectivity index (χ0) is 23.4. The fourth-order valence-electron chi connectivity index (χ4n) is 7.01. The molecule has 3 aromatic rings. The Morgan fingerprint density at radius 2 is 1.59 bits per heavy atom. The third-order valence-corrected chi connectivity index (χ3v) is 8.40. The van der Waals surface area contributed by atoms with E-state index in [1.807, 2.05) is 0 Å². The Morgan fingerprint density at radius 3 is 2.24 bits per heavy atom. The van der Waals surface area contributed by atoms with E-state index in [1.54, 1.807) is 48.5 Å². The van der Waals surface area contributed by atoms with E-state index in [1.165, 1.54) is 30.0 Å². The molecule has 0 saturated heterocycles. The van der Waals surface area contributed by atoms with Crippen LogP contribution >= 0.6 is 11.6 Å². The summed E-state index contributed by atoms with van der Waals surface area (Å²) in [5, 5.41) is 16.7. The van der Waals surface area contributed by atoms with E-state index in [0.29, 0.717) is 44.8 Å². The van der Waals surface area contributed by atoms with E-state index in [9.17, 15) is 14.7 Å². The van der Waals surface area contributed by atoms with Crippen LogP contribution in [0.2, 0.25) is 5.02 Å². The summed E-state index contributed by atoms with van der Waals surface area (Å²) < 4.78 is 1.19.